The van der Waals surface area contributed by atoms with Crippen LogP contribution in [0.2, 0.25) is 0 Å². The van der Waals surface area contributed by atoms with Gasteiger partial charge in [0, 0.05) is 29.8 Å². The summed E-state index contributed by atoms with van der Waals surface area (Å²) in [5.41, 5.74) is 6.49. The lowest BCUT2D eigenvalue weighted by Crippen LogP contribution is -2.02. The molecule has 82 valence electrons. The van der Waals surface area contributed by atoms with Crippen LogP contribution in [0.5, 0.6) is 0 Å². The van der Waals surface area contributed by atoms with Crippen molar-refractivity contribution in [3.63, 3.8) is 0 Å². The maximum atomic E-state index is 5.49. The summed E-state index contributed by atoms with van der Waals surface area (Å²) in [5, 5.41) is 0.836. The molecule has 15 heavy (non-hydrogen) atoms. The van der Waals surface area contributed by atoms with E-state index in [9.17, 15) is 0 Å². The Balaban J connectivity index is 1.82. The summed E-state index contributed by atoms with van der Waals surface area (Å²) in [6, 6.07) is 0. The van der Waals surface area contributed by atoms with Crippen molar-refractivity contribution in [3.05, 3.63) is 23.8 Å². The number of rotatable bonds is 4. The predicted molar refractivity (Wildman–Crippen MR) is 63.5 cm³/mol. The molecule has 1 aromatic heterocycles. The monoisotopic (exact) mass is 223 g/mol. The van der Waals surface area contributed by atoms with Crippen LogP contribution in [0.3, 0.4) is 0 Å². The van der Waals surface area contributed by atoms with E-state index in [0.29, 0.717) is 6.54 Å². The molecular weight excluding hydrogens is 206 g/mol. The Hall–Kier alpha value is -0.610. The first kappa shape index (κ1) is 10.9. The van der Waals surface area contributed by atoms with E-state index in [1.54, 1.807) is 0 Å². The van der Waals surface area contributed by atoms with Crippen LogP contribution in [-0.4, -0.2) is 15.2 Å². The molecule has 1 heterocycles. The summed E-state index contributed by atoms with van der Waals surface area (Å²) in [5.74, 6) is 1.87. The Bertz CT molecular complexity index is 293. The highest BCUT2D eigenvalue weighted by molar-refractivity contribution is 7.99. The number of thioether (sulfide) groups is 1. The molecule has 0 aromatic carbocycles. The Morgan fingerprint density at radius 3 is 2.53 bits per heavy atom. The summed E-state index contributed by atoms with van der Waals surface area (Å²) >= 11 is 1.99. The predicted octanol–water partition coefficient (Wildman–Crippen LogP) is 2.11. The summed E-state index contributed by atoms with van der Waals surface area (Å²) in [6.07, 6.45) is 9.18. The highest BCUT2D eigenvalue weighted by Crippen LogP contribution is 2.30. The molecule has 0 saturated heterocycles. The average Bonchev–Trinajstić information content (AvgIpc) is 2.80. The second-order valence-corrected chi connectivity index (χ2v) is 5.22. The second-order valence-electron chi connectivity index (χ2n) is 3.93. The molecule has 1 fully saturated rings. The van der Waals surface area contributed by atoms with Crippen LogP contribution in [0.25, 0.3) is 0 Å². The molecule has 2 rings (SSSR count). The third kappa shape index (κ3) is 3.18. The lowest BCUT2D eigenvalue weighted by molar-refractivity contribution is 0.886. The van der Waals surface area contributed by atoms with Crippen molar-refractivity contribution in [1.29, 1.82) is 0 Å². The Morgan fingerprint density at radius 1 is 1.27 bits per heavy atom. The number of nitrogens with two attached hydrogens (primary N) is 1. The first-order chi connectivity index (χ1) is 7.38. The molecule has 1 saturated carbocycles. The van der Waals surface area contributed by atoms with Crippen LogP contribution in [-0.2, 0) is 12.3 Å². The minimum atomic E-state index is 0.524. The molecule has 0 spiro atoms. The molecule has 0 aliphatic heterocycles. The largest absolute Gasteiger partial charge is 0.326 e. The standard InChI is InChI=1S/C11H17N3S/c12-5-9-6-13-11(14-7-9)8-15-10-3-1-2-4-10/h6-7,10H,1-5,8,12H2. The van der Waals surface area contributed by atoms with Crippen LogP contribution >= 0.6 is 11.8 Å². The van der Waals surface area contributed by atoms with E-state index >= 15 is 0 Å². The second kappa shape index (κ2) is 5.47. The summed E-state index contributed by atoms with van der Waals surface area (Å²) in [7, 11) is 0. The topological polar surface area (TPSA) is 51.8 Å². The molecule has 1 aliphatic carbocycles. The van der Waals surface area contributed by atoms with Crippen LogP contribution in [0.15, 0.2) is 12.4 Å². The fourth-order valence-electron chi connectivity index (χ4n) is 1.81. The van der Waals surface area contributed by atoms with E-state index in [-0.39, 0.29) is 0 Å². The molecular formula is C11H17N3S. The maximum Gasteiger partial charge on any atom is 0.138 e. The Kier molecular flexibility index (Phi) is 3.97. The molecule has 2 N–H and O–H groups in total. The average molecular weight is 223 g/mol. The smallest absolute Gasteiger partial charge is 0.138 e. The van der Waals surface area contributed by atoms with Crippen molar-refractivity contribution < 1.29 is 0 Å². The first-order valence-electron chi connectivity index (χ1n) is 5.50. The zero-order chi connectivity index (χ0) is 10.5. The highest BCUT2D eigenvalue weighted by Gasteiger charge is 2.15. The minimum Gasteiger partial charge on any atom is -0.326 e. The van der Waals surface area contributed by atoms with Gasteiger partial charge in [0.05, 0.1) is 5.75 Å². The molecule has 0 radical (unpaired) electrons. The SMILES string of the molecule is NCc1cnc(CSC2CCCC2)nc1. The van der Waals surface area contributed by atoms with Crippen molar-refractivity contribution in [2.24, 2.45) is 5.73 Å². The van der Waals surface area contributed by atoms with E-state index in [4.69, 9.17) is 5.73 Å². The third-order valence-corrected chi connectivity index (χ3v) is 4.11. The lowest BCUT2D eigenvalue weighted by Gasteiger charge is -2.07. The zero-order valence-corrected chi connectivity index (χ0v) is 9.67. The van der Waals surface area contributed by atoms with Gasteiger partial charge in [0.25, 0.3) is 0 Å². The molecule has 0 atom stereocenters. The maximum absolute atomic E-state index is 5.49. The van der Waals surface area contributed by atoms with E-state index in [0.717, 1.165) is 22.4 Å². The lowest BCUT2D eigenvalue weighted by atomic mass is 10.3. The molecule has 4 heteroatoms. The van der Waals surface area contributed by atoms with E-state index in [1.807, 2.05) is 24.2 Å². The van der Waals surface area contributed by atoms with Gasteiger partial charge in [-0.05, 0) is 12.8 Å². The van der Waals surface area contributed by atoms with Crippen molar-refractivity contribution in [2.75, 3.05) is 0 Å². The fourth-order valence-corrected chi connectivity index (χ4v) is 3.01. The molecule has 1 aliphatic rings. The van der Waals surface area contributed by atoms with Crippen LogP contribution in [0, 0.1) is 0 Å². The van der Waals surface area contributed by atoms with Crippen molar-refractivity contribution in [1.82, 2.24) is 9.97 Å². The van der Waals surface area contributed by atoms with Gasteiger partial charge in [-0.15, -0.1) is 0 Å². The minimum absolute atomic E-state index is 0.524. The summed E-state index contributed by atoms with van der Waals surface area (Å²) < 4.78 is 0. The molecule has 1 aromatic rings. The molecule has 0 bridgehead atoms. The van der Waals surface area contributed by atoms with Gasteiger partial charge in [-0.25, -0.2) is 9.97 Å². The van der Waals surface area contributed by atoms with Gasteiger partial charge in [0.2, 0.25) is 0 Å². The van der Waals surface area contributed by atoms with Gasteiger partial charge < -0.3 is 5.73 Å². The quantitative estimate of drug-likeness (QED) is 0.849. The van der Waals surface area contributed by atoms with Crippen molar-refractivity contribution in [2.45, 2.75) is 43.2 Å². The van der Waals surface area contributed by atoms with Gasteiger partial charge in [0.1, 0.15) is 5.82 Å². The number of hydrogen-bond acceptors (Lipinski definition) is 4. The van der Waals surface area contributed by atoms with E-state index < -0.39 is 0 Å². The van der Waals surface area contributed by atoms with Crippen LogP contribution in [0.1, 0.15) is 37.1 Å². The van der Waals surface area contributed by atoms with Gasteiger partial charge in [-0.2, -0.15) is 11.8 Å². The third-order valence-electron chi connectivity index (χ3n) is 2.74. The van der Waals surface area contributed by atoms with Crippen molar-refractivity contribution in [3.8, 4) is 0 Å². The molecule has 0 unspecified atom stereocenters. The molecule has 0 amide bonds. The van der Waals surface area contributed by atoms with Gasteiger partial charge in [-0.1, -0.05) is 12.8 Å². The number of nitrogens with zero attached hydrogens (tertiary/aromatic N) is 2. The molecule has 3 nitrogen and oxygen atoms in total. The van der Waals surface area contributed by atoms with Crippen molar-refractivity contribution >= 4 is 11.8 Å². The highest BCUT2D eigenvalue weighted by atomic mass is 32.2. The number of hydrogen-bond donors (Lipinski definition) is 1. The zero-order valence-electron chi connectivity index (χ0n) is 8.85. The summed E-state index contributed by atoms with van der Waals surface area (Å²) in [6.45, 7) is 0.524. The van der Waals surface area contributed by atoms with E-state index in [1.165, 1.54) is 25.7 Å². The van der Waals surface area contributed by atoms with Gasteiger partial charge in [-0.3, -0.25) is 0 Å². The normalized spacial score (nSPS) is 17.1. The van der Waals surface area contributed by atoms with E-state index in [2.05, 4.69) is 9.97 Å². The fraction of sp³-hybridized carbons (Fsp3) is 0.636. The van der Waals surface area contributed by atoms with Gasteiger partial charge >= 0.3 is 0 Å². The Morgan fingerprint density at radius 2 is 1.93 bits per heavy atom. The van der Waals surface area contributed by atoms with Crippen LogP contribution < -0.4 is 5.73 Å². The Labute approximate surface area is 94.9 Å². The number of aromatic nitrogens is 2. The van der Waals surface area contributed by atoms with Crippen LogP contribution in [0.4, 0.5) is 0 Å². The first-order valence-corrected chi connectivity index (χ1v) is 6.55. The van der Waals surface area contributed by atoms with Gasteiger partial charge in [0.15, 0.2) is 0 Å². The summed E-state index contributed by atoms with van der Waals surface area (Å²) in [4.78, 5) is 8.60.